The number of aromatic nitrogens is 2. The van der Waals surface area contributed by atoms with Crippen LogP contribution in [0, 0.1) is 0 Å². The van der Waals surface area contributed by atoms with Crippen LogP contribution in [0.4, 0.5) is 0 Å². The molecule has 0 saturated heterocycles. The lowest BCUT2D eigenvalue weighted by Gasteiger charge is -2.09. The van der Waals surface area contributed by atoms with Crippen LogP contribution in [0.3, 0.4) is 0 Å². The first-order valence-electron chi connectivity index (χ1n) is 6.64. The highest BCUT2D eigenvalue weighted by Crippen LogP contribution is 2.32. The highest BCUT2D eigenvalue weighted by molar-refractivity contribution is 5.96. The molecule has 0 unspecified atom stereocenters. The average molecular weight is 297 g/mol. The number of rotatable bonds is 4. The van der Waals surface area contributed by atoms with Crippen molar-refractivity contribution in [2.24, 2.45) is 5.73 Å². The van der Waals surface area contributed by atoms with Crippen molar-refractivity contribution in [3.63, 3.8) is 0 Å². The molecule has 112 valence electrons. The van der Waals surface area contributed by atoms with Crippen LogP contribution in [0.15, 0.2) is 36.4 Å². The van der Waals surface area contributed by atoms with Gasteiger partial charge < -0.3 is 20.2 Å². The van der Waals surface area contributed by atoms with E-state index in [0.717, 1.165) is 16.6 Å². The number of ether oxygens (including phenoxy) is 2. The van der Waals surface area contributed by atoms with Gasteiger partial charge in [-0.2, -0.15) is 0 Å². The molecule has 6 heteroatoms. The Hall–Kier alpha value is -3.02. The summed E-state index contributed by atoms with van der Waals surface area (Å²) in [6.45, 7) is 0. The molecular formula is C16H15N3O3. The molecule has 0 fully saturated rings. The Balaban J connectivity index is 2.08. The first-order valence-corrected chi connectivity index (χ1v) is 6.64. The van der Waals surface area contributed by atoms with Crippen LogP contribution in [0.2, 0.25) is 0 Å². The standard InChI is InChI=1S/C16H15N3O3/c1-21-13-6-4-9(8-14(13)22-2)11-5-3-10-7-12(15(17)20)19-16(10)18-11/h3-8H,1-2H3,(H2,17,20)(H,18,19). The number of benzene rings is 1. The van der Waals surface area contributed by atoms with Gasteiger partial charge in [0.15, 0.2) is 11.5 Å². The van der Waals surface area contributed by atoms with Gasteiger partial charge in [-0.15, -0.1) is 0 Å². The van der Waals surface area contributed by atoms with Crippen LogP contribution in [-0.2, 0) is 0 Å². The smallest absolute Gasteiger partial charge is 0.265 e. The number of fused-ring (bicyclic) bond motifs is 1. The van der Waals surface area contributed by atoms with Gasteiger partial charge in [0.25, 0.3) is 5.91 Å². The fraction of sp³-hybridized carbons (Fsp3) is 0.125. The third-order valence-corrected chi connectivity index (χ3v) is 3.42. The molecule has 0 bridgehead atoms. The lowest BCUT2D eigenvalue weighted by molar-refractivity contribution is 0.0996. The number of amides is 1. The molecule has 22 heavy (non-hydrogen) atoms. The van der Waals surface area contributed by atoms with Gasteiger partial charge in [-0.05, 0) is 36.4 Å². The normalized spacial score (nSPS) is 10.6. The third-order valence-electron chi connectivity index (χ3n) is 3.42. The van der Waals surface area contributed by atoms with E-state index in [4.69, 9.17) is 15.2 Å². The van der Waals surface area contributed by atoms with Gasteiger partial charge in [-0.1, -0.05) is 0 Å². The molecule has 1 amide bonds. The fourth-order valence-electron chi connectivity index (χ4n) is 2.29. The molecule has 3 rings (SSSR count). The Labute approximate surface area is 126 Å². The van der Waals surface area contributed by atoms with Crippen molar-refractivity contribution >= 4 is 16.9 Å². The average Bonchev–Trinajstić information content (AvgIpc) is 2.97. The predicted octanol–water partition coefficient (Wildman–Crippen LogP) is 2.35. The van der Waals surface area contributed by atoms with E-state index in [-0.39, 0.29) is 0 Å². The summed E-state index contributed by atoms with van der Waals surface area (Å²) >= 11 is 0. The van der Waals surface area contributed by atoms with Crippen molar-refractivity contribution in [1.82, 2.24) is 9.97 Å². The molecule has 0 aliphatic heterocycles. The summed E-state index contributed by atoms with van der Waals surface area (Å²) in [7, 11) is 3.18. The number of nitrogens with two attached hydrogens (primary N) is 1. The number of primary amides is 1. The van der Waals surface area contributed by atoms with E-state index in [9.17, 15) is 4.79 Å². The number of carbonyl (C=O) groups excluding carboxylic acids is 1. The SMILES string of the molecule is COc1ccc(-c2ccc3cc(C(N)=O)[nH]c3n2)cc1OC. The van der Waals surface area contributed by atoms with Crippen LogP contribution in [0.25, 0.3) is 22.3 Å². The summed E-state index contributed by atoms with van der Waals surface area (Å²) in [4.78, 5) is 18.6. The third kappa shape index (κ3) is 2.35. The Morgan fingerprint density at radius 1 is 1.09 bits per heavy atom. The highest BCUT2D eigenvalue weighted by Gasteiger charge is 2.10. The number of hydrogen-bond donors (Lipinski definition) is 2. The van der Waals surface area contributed by atoms with Gasteiger partial charge in [0, 0.05) is 10.9 Å². The molecule has 0 radical (unpaired) electrons. The summed E-state index contributed by atoms with van der Waals surface area (Å²) in [6.07, 6.45) is 0. The molecule has 2 heterocycles. The number of carbonyl (C=O) groups is 1. The number of aromatic amines is 1. The molecule has 0 saturated carbocycles. The number of nitrogens with one attached hydrogen (secondary N) is 1. The van der Waals surface area contributed by atoms with Crippen molar-refractivity contribution in [1.29, 1.82) is 0 Å². The molecule has 0 atom stereocenters. The Kier molecular flexibility index (Phi) is 3.42. The largest absolute Gasteiger partial charge is 0.493 e. The topological polar surface area (TPSA) is 90.2 Å². The second kappa shape index (κ2) is 5.40. The van der Waals surface area contributed by atoms with Gasteiger partial charge >= 0.3 is 0 Å². The molecule has 3 N–H and O–H groups in total. The lowest BCUT2D eigenvalue weighted by atomic mass is 10.1. The summed E-state index contributed by atoms with van der Waals surface area (Å²) < 4.78 is 10.5. The summed E-state index contributed by atoms with van der Waals surface area (Å²) in [5.41, 5.74) is 7.86. The second-order valence-corrected chi connectivity index (χ2v) is 4.75. The lowest BCUT2D eigenvalue weighted by Crippen LogP contribution is -2.10. The van der Waals surface area contributed by atoms with Crippen molar-refractivity contribution in [2.45, 2.75) is 0 Å². The number of methoxy groups -OCH3 is 2. The van der Waals surface area contributed by atoms with Gasteiger partial charge in [0.05, 0.1) is 19.9 Å². The van der Waals surface area contributed by atoms with Crippen molar-refractivity contribution in [3.05, 3.63) is 42.1 Å². The minimum Gasteiger partial charge on any atom is -0.493 e. The molecule has 2 aromatic heterocycles. The van der Waals surface area contributed by atoms with Crippen molar-refractivity contribution < 1.29 is 14.3 Å². The molecule has 3 aromatic rings. The Morgan fingerprint density at radius 3 is 2.55 bits per heavy atom. The van der Waals surface area contributed by atoms with Gasteiger partial charge in [0.1, 0.15) is 11.3 Å². The second-order valence-electron chi connectivity index (χ2n) is 4.75. The minimum absolute atomic E-state index is 0.340. The van der Waals surface area contributed by atoms with E-state index in [1.54, 1.807) is 20.3 Å². The number of nitrogens with zero attached hydrogens (tertiary/aromatic N) is 1. The molecule has 1 aromatic carbocycles. The number of hydrogen-bond acceptors (Lipinski definition) is 4. The van der Waals surface area contributed by atoms with Crippen LogP contribution < -0.4 is 15.2 Å². The first kappa shape index (κ1) is 13.9. The maximum atomic E-state index is 11.2. The molecule has 6 nitrogen and oxygen atoms in total. The predicted molar refractivity (Wildman–Crippen MR) is 83.2 cm³/mol. The van der Waals surface area contributed by atoms with Gasteiger partial charge in [-0.3, -0.25) is 4.79 Å². The van der Waals surface area contributed by atoms with E-state index in [1.165, 1.54) is 0 Å². The molecule has 0 aliphatic carbocycles. The van der Waals surface area contributed by atoms with E-state index >= 15 is 0 Å². The Morgan fingerprint density at radius 2 is 1.86 bits per heavy atom. The summed E-state index contributed by atoms with van der Waals surface area (Å²) in [5.74, 6) is 0.778. The van der Waals surface area contributed by atoms with E-state index in [0.29, 0.717) is 22.8 Å². The van der Waals surface area contributed by atoms with Crippen LogP contribution in [-0.4, -0.2) is 30.1 Å². The quantitative estimate of drug-likeness (QED) is 0.773. The van der Waals surface area contributed by atoms with Gasteiger partial charge in [0.2, 0.25) is 0 Å². The molecule has 0 spiro atoms. The monoisotopic (exact) mass is 297 g/mol. The summed E-state index contributed by atoms with van der Waals surface area (Å²) in [6, 6.07) is 11.0. The summed E-state index contributed by atoms with van der Waals surface area (Å²) in [5, 5.41) is 0.832. The maximum absolute atomic E-state index is 11.2. The highest BCUT2D eigenvalue weighted by atomic mass is 16.5. The maximum Gasteiger partial charge on any atom is 0.265 e. The number of pyridine rings is 1. The zero-order valence-corrected chi connectivity index (χ0v) is 12.2. The van der Waals surface area contributed by atoms with E-state index < -0.39 is 5.91 Å². The van der Waals surface area contributed by atoms with Crippen LogP contribution >= 0.6 is 0 Å². The Bertz CT molecular complexity index is 855. The first-order chi connectivity index (χ1) is 10.6. The van der Waals surface area contributed by atoms with Gasteiger partial charge in [-0.25, -0.2) is 4.98 Å². The van der Waals surface area contributed by atoms with Crippen molar-refractivity contribution in [3.8, 4) is 22.8 Å². The zero-order valence-electron chi connectivity index (χ0n) is 12.2. The fourth-order valence-corrected chi connectivity index (χ4v) is 2.29. The van der Waals surface area contributed by atoms with Crippen molar-refractivity contribution in [2.75, 3.05) is 14.2 Å². The minimum atomic E-state index is -0.509. The van der Waals surface area contributed by atoms with E-state index in [1.807, 2.05) is 30.3 Å². The van der Waals surface area contributed by atoms with E-state index in [2.05, 4.69) is 9.97 Å². The molecule has 0 aliphatic rings. The van der Waals surface area contributed by atoms with Crippen LogP contribution in [0.5, 0.6) is 11.5 Å². The zero-order chi connectivity index (χ0) is 15.7. The van der Waals surface area contributed by atoms with Crippen LogP contribution in [0.1, 0.15) is 10.5 Å². The number of H-pyrrole nitrogens is 1. The molecular weight excluding hydrogens is 282 g/mol.